The highest BCUT2D eigenvalue weighted by molar-refractivity contribution is 5.97. The van der Waals surface area contributed by atoms with Crippen LogP contribution < -0.4 is 10.6 Å². The summed E-state index contributed by atoms with van der Waals surface area (Å²) in [6.07, 6.45) is 14.9. The fourth-order valence-electron chi connectivity index (χ4n) is 3.11. The molecular formula is C20H20N4O. The fourth-order valence-corrected chi connectivity index (χ4v) is 3.11. The molecule has 126 valence electrons. The van der Waals surface area contributed by atoms with Crippen molar-refractivity contribution in [2.45, 2.75) is 19.3 Å². The molecule has 0 unspecified atom stereocenters. The molecular weight excluding hydrogens is 312 g/mol. The van der Waals surface area contributed by atoms with Gasteiger partial charge in [0, 0.05) is 42.3 Å². The maximum atomic E-state index is 11.9. The Bertz CT molecular complexity index is 889. The first kappa shape index (κ1) is 15.4. The van der Waals surface area contributed by atoms with Gasteiger partial charge < -0.3 is 15.6 Å². The van der Waals surface area contributed by atoms with Crippen LogP contribution in [0.2, 0.25) is 0 Å². The predicted molar refractivity (Wildman–Crippen MR) is 98.7 cm³/mol. The number of hydrogen-bond donors (Lipinski definition) is 3. The summed E-state index contributed by atoms with van der Waals surface area (Å²) in [4.78, 5) is 19.7. The third kappa shape index (κ3) is 3.40. The van der Waals surface area contributed by atoms with Gasteiger partial charge in [-0.1, -0.05) is 12.2 Å². The highest BCUT2D eigenvalue weighted by atomic mass is 16.1. The molecule has 0 fully saturated rings. The summed E-state index contributed by atoms with van der Waals surface area (Å²) in [7, 11) is 0. The van der Waals surface area contributed by atoms with Gasteiger partial charge in [-0.2, -0.15) is 0 Å². The number of H-pyrrole nitrogens is 1. The largest absolute Gasteiger partial charge is 0.368 e. The normalized spacial score (nSPS) is 16.8. The van der Waals surface area contributed by atoms with Crippen LogP contribution in [0, 0.1) is 0 Å². The van der Waals surface area contributed by atoms with Gasteiger partial charge in [-0.15, -0.1) is 0 Å². The second-order valence-corrected chi connectivity index (χ2v) is 6.21. The van der Waals surface area contributed by atoms with E-state index >= 15 is 0 Å². The lowest BCUT2D eigenvalue weighted by atomic mass is 10.1. The van der Waals surface area contributed by atoms with Gasteiger partial charge in [0.15, 0.2) is 0 Å². The summed E-state index contributed by atoms with van der Waals surface area (Å²) < 4.78 is 0. The van der Waals surface area contributed by atoms with Crippen LogP contribution in [0.5, 0.6) is 0 Å². The van der Waals surface area contributed by atoms with Gasteiger partial charge in [-0.3, -0.25) is 9.78 Å². The maximum Gasteiger partial charge on any atom is 0.253 e. The second kappa shape index (κ2) is 6.81. The Kier molecular flexibility index (Phi) is 4.21. The van der Waals surface area contributed by atoms with Gasteiger partial charge >= 0.3 is 0 Å². The van der Waals surface area contributed by atoms with Crippen LogP contribution in [0.4, 0.5) is 0 Å². The standard InChI is InChI=1S/C20H20N4O/c25-20-17-12-19(24-18(17)7-10-23-20)15-6-9-22-16(11-15)5-4-14-3-1-2-8-21-13-14/h2,4-6,8-9,11-13,21,24H,1,3,7,10H2,(H,23,25)/b5-4-. The molecule has 2 aliphatic rings. The minimum atomic E-state index is -0.000615. The number of pyridine rings is 1. The molecule has 0 aliphatic carbocycles. The number of rotatable bonds is 3. The third-order valence-electron chi connectivity index (χ3n) is 4.45. The van der Waals surface area contributed by atoms with Crippen molar-refractivity contribution in [1.29, 1.82) is 0 Å². The Morgan fingerprint density at radius 1 is 1.16 bits per heavy atom. The molecule has 0 radical (unpaired) electrons. The average molecular weight is 332 g/mol. The Balaban J connectivity index is 1.57. The van der Waals surface area contributed by atoms with Crippen LogP contribution in [0.1, 0.15) is 34.6 Å². The summed E-state index contributed by atoms with van der Waals surface area (Å²) >= 11 is 0. The first-order valence-electron chi connectivity index (χ1n) is 8.54. The summed E-state index contributed by atoms with van der Waals surface area (Å²) in [6.45, 7) is 0.689. The number of amides is 1. The van der Waals surface area contributed by atoms with Crippen LogP contribution in [0.25, 0.3) is 17.3 Å². The number of fused-ring (bicyclic) bond motifs is 1. The van der Waals surface area contributed by atoms with E-state index in [-0.39, 0.29) is 5.91 Å². The van der Waals surface area contributed by atoms with Crippen LogP contribution >= 0.6 is 0 Å². The topological polar surface area (TPSA) is 69.8 Å². The Labute approximate surface area is 146 Å². The molecule has 0 aromatic carbocycles. The smallest absolute Gasteiger partial charge is 0.253 e. The zero-order valence-electron chi connectivity index (χ0n) is 13.9. The van der Waals surface area contributed by atoms with E-state index in [1.165, 1.54) is 5.57 Å². The predicted octanol–water partition coefficient (Wildman–Crippen LogP) is 3.16. The number of carbonyl (C=O) groups excluding carboxylic acids is 1. The highest BCUT2D eigenvalue weighted by Gasteiger charge is 2.19. The van der Waals surface area contributed by atoms with Crippen LogP contribution in [-0.4, -0.2) is 22.4 Å². The van der Waals surface area contributed by atoms with Gasteiger partial charge in [-0.25, -0.2) is 0 Å². The van der Waals surface area contributed by atoms with Crippen LogP contribution in [0.15, 0.2) is 54.5 Å². The van der Waals surface area contributed by atoms with Gasteiger partial charge in [0.05, 0.1) is 11.3 Å². The molecule has 1 amide bonds. The molecule has 0 spiro atoms. The number of allylic oxidation sites excluding steroid dienone is 3. The molecule has 3 N–H and O–H groups in total. The summed E-state index contributed by atoms with van der Waals surface area (Å²) in [5, 5.41) is 6.02. The van der Waals surface area contributed by atoms with Crippen LogP contribution in [-0.2, 0) is 6.42 Å². The number of nitrogens with one attached hydrogen (secondary N) is 3. The molecule has 2 aromatic heterocycles. The van der Waals surface area contributed by atoms with Gasteiger partial charge in [-0.05, 0) is 48.9 Å². The van der Waals surface area contributed by atoms with Crippen molar-refractivity contribution in [1.82, 2.24) is 20.6 Å². The molecule has 0 saturated heterocycles. The van der Waals surface area contributed by atoms with Crippen molar-refractivity contribution < 1.29 is 4.79 Å². The van der Waals surface area contributed by atoms with Crippen molar-refractivity contribution in [3.05, 3.63) is 71.5 Å². The summed E-state index contributed by atoms with van der Waals surface area (Å²) in [5.74, 6) is -0.000615. The van der Waals surface area contributed by atoms with E-state index in [9.17, 15) is 4.79 Å². The molecule has 2 aromatic rings. The maximum absolute atomic E-state index is 11.9. The van der Waals surface area contributed by atoms with Gasteiger partial charge in [0.1, 0.15) is 0 Å². The second-order valence-electron chi connectivity index (χ2n) is 6.21. The first-order chi connectivity index (χ1) is 12.3. The van der Waals surface area contributed by atoms with Crippen molar-refractivity contribution in [2.75, 3.05) is 6.54 Å². The van der Waals surface area contributed by atoms with Crippen LogP contribution in [0.3, 0.4) is 0 Å². The Morgan fingerprint density at radius 2 is 2.12 bits per heavy atom. The SMILES string of the molecule is O=C1NCCc2[nH]c(-c3ccnc(/C=C\C4=CNC=CCC4)c3)cc21. The van der Waals surface area contributed by atoms with E-state index < -0.39 is 0 Å². The van der Waals surface area contributed by atoms with E-state index in [2.05, 4.69) is 32.8 Å². The zero-order valence-corrected chi connectivity index (χ0v) is 13.9. The van der Waals surface area contributed by atoms with Gasteiger partial charge in [0.25, 0.3) is 5.91 Å². The first-order valence-corrected chi connectivity index (χ1v) is 8.54. The summed E-state index contributed by atoms with van der Waals surface area (Å²) in [6, 6.07) is 5.92. The lowest BCUT2D eigenvalue weighted by Crippen LogP contribution is -2.31. The highest BCUT2D eigenvalue weighted by Crippen LogP contribution is 2.24. The van der Waals surface area contributed by atoms with Crippen molar-refractivity contribution in [3.8, 4) is 11.3 Å². The minimum absolute atomic E-state index is 0.000615. The van der Waals surface area contributed by atoms with E-state index in [1.54, 1.807) is 6.20 Å². The molecule has 4 heterocycles. The number of carbonyl (C=O) groups is 1. The molecule has 0 atom stereocenters. The summed E-state index contributed by atoms with van der Waals surface area (Å²) in [5.41, 5.74) is 5.88. The number of nitrogens with zero attached hydrogens (tertiary/aromatic N) is 1. The van der Waals surface area contributed by atoms with Crippen molar-refractivity contribution in [2.24, 2.45) is 0 Å². The molecule has 2 aliphatic heterocycles. The fraction of sp³-hybridized carbons (Fsp3) is 0.200. The van der Waals surface area contributed by atoms with Gasteiger partial charge in [0.2, 0.25) is 0 Å². The van der Waals surface area contributed by atoms with E-state index in [1.807, 2.05) is 36.7 Å². The molecule has 4 rings (SSSR count). The Morgan fingerprint density at radius 3 is 3.04 bits per heavy atom. The molecule has 5 nitrogen and oxygen atoms in total. The molecule has 0 bridgehead atoms. The molecule has 0 saturated carbocycles. The quantitative estimate of drug-likeness (QED) is 0.809. The van der Waals surface area contributed by atoms with E-state index in [0.717, 1.165) is 47.5 Å². The van der Waals surface area contributed by atoms with E-state index in [4.69, 9.17) is 0 Å². The average Bonchev–Trinajstić information content (AvgIpc) is 2.91. The lowest BCUT2D eigenvalue weighted by Gasteiger charge is -2.10. The number of hydrogen-bond acceptors (Lipinski definition) is 3. The van der Waals surface area contributed by atoms with Crippen molar-refractivity contribution >= 4 is 12.0 Å². The Hall–Kier alpha value is -3.08. The minimum Gasteiger partial charge on any atom is -0.368 e. The molecule has 5 heteroatoms. The number of aromatic nitrogens is 2. The lowest BCUT2D eigenvalue weighted by molar-refractivity contribution is 0.0946. The van der Waals surface area contributed by atoms with Crippen molar-refractivity contribution in [3.63, 3.8) is 0 Å². The third-order valence-corrected chi connectivity index (χ3v) is 4.45. The monoisotopic (exact) mass is 332 g/mol. The number of aromatic amines is 1. The van der Waals surface area contributed by atoms with E-state index in [0.29, 0.717) is 6.54 Å². The molecule has 25 heavy (non-hydrogen) atoms. The zero-order chi connectivity index (χ0) is 17.1.